The summed E-state index contributed by atoms with van der Waals surface area (Å²) in [4.78, 5) is 46.8. The van der Waals surface area contributed by atoms with E-state index in [4.69, 9.17) is 4.74 Å². The van der Waals surface area contributed by atoms with Gasteiger partial charge in [-0.05, 0) is 32.6 Å². The molecule has 2 saturated heterocycles. The zero-order chi connectivity index (χ0) is 25.1. The van der Waals surface area contributed by atoms with Crippen LogP contribution in [0.15, 0.2) is 0 Å². The van der Waals surface area contributed by atoms with E-state index in [0.29, 0.717) is 6.10 Å². The molecule has 0 aromatic heterocycles. The van der Waals surface area contributed by atoms with Gasteiger partial charge in [0.1, 0.15) is 0 Å². The highest BCUT2D eigenvalue weighted by Crippen LogP contribution is 2.32. The van der Waals surface area contributed by atoms with Crippen LogP contribution in [0.2, 0.25) is 0 Å². The zero-order valence-electron chi connectivity index (χ0n) is 21.8. The Hall–Kier alpha value is -1.76. The predicted molar refractivity (Wildman–Crippen MR) is 129 cm³/mol. The normalized spacial score (nSPS) is 28.6. The summed E-state index contributed by atoms with van der Waals surface area (Å²) in [6, 6.07) is 0.200. The number of rotatable bonds is 6. The number of likely N-dealkylation sites (tertiary alicyclic amines) is 1. The lowest BCUT2D eigenvalue weighted by atomic mass is 9.94. The minimum absolute atomic E-state index is 0.0550. The van der Waals surface area contributed by atoms with Gasteiger partial charge in [0.2, 0.25) is 23.6 Å². The van der Waals surface area contributed by atoms with E-state index in [-0.39, 0.29) is 53.3 Å². The lowest BCUT2D eigenvalue weighted by molar-refractivity contribution is -0.143. The topological polar surface area (TPSA) is 92.8 Å². The number of unbranched alkanes of at least 4 members (excludes halogenated alkanes) is 1. The van der Waals surface area contributed by atoms with Crippen LogP contribution in [0.1, 0.15) is 99.8 Å². The van der Waals surface area contributed by atoms with Gasteiger partial charge < -0.3 is 4.74 Å². The van der Waals surface area contributed by atoms with E-state index >= 15 is 0 Å². The molecule has 4 amide bonds. The van der Waals surface area contributed by atoms with Crippen LogP contribution < -0.4 is 5.32 Å². The van der Waals surface area contributed by atoms with Crippen LogP contribution in [0.4, 0.5) is 0 Å². The Morgan fingerprint density at radius 1 is 0.848 bits per heavy atom. The summed E-state index contributed by atoms with van der Waals surface area (Å²) in [5.74, 6) is -0.687. The number of amides is 4. The molecule has 5 unspecified atom stereocenters. The number of carbonyl (C=O) groups excluding carboxylic acids is 4. The van der Waals surface area contributed by atoms with Crippen molar-refractivity contribution in [2.45, 2.75) is 112 Å². The third-order valence-electron chi connectivity index (χ3n) is 7.24. The van der Waals surface area contributed by atoms with E-state index in [2.05, 4.69) is 26.1 Å². The van der Waals surface area contributed by atoms with Gasteiger partial charge in [-0.15, -0.1) is 0 Å². The van der Waals surface area contributed by atoms with Gasteiger partial charge in [-0.25, -0.2) is 0 Å². The van der Waals surface area contributed by atoms with Crippen molar-refractivity contribution in [2.24, 2.45) is 23.7 Å². The highest BCUT2D eigenvalue weighted by atomic mass is 16.5. The van der Waals surface area contributed by atoms with Gasteiger partial charge in [0, 0.05) is 36.3 Å². The van der Waals surface area contributed by atoms with Crippen molar-refractivity contribution >= 4 is 23.6 Å². The predicted octanol–water partition coefficient (Wildman–Crippen LogP) is 4.48. The second-order valence-electron chi connectivity index (χ2n) is 9.79. The molecule has 1 N–H and O–H groups in total. The van der Waals surface area contributed by atoms with Crippen molar-refractivity contribution in [3.05, 3.63) is 0 Å². The Kier molecular flexibility index (Phi) is 12.9. The molecular formula is C26H46N2O5. The molecule has 33 heavy (non-hydrogen) atoms. The molecular weight excluding hydrogens is 420 g/mol. The number of hydrogen-bond acceptors (Lipinski definition) is 5. The Morgan fingerprint density at radius 3 is 1.70 bits per heavy atom. The highest BCUT2D eigenvalue weighted by Gasteiger charge is 2.45. The summed E-state index contributed by atoms with van der Waals surface area (Å²) >= 11 is 0. The molecule has 0 aromatic rings. The fraction of sp³-hybridized carbons (Fsp3) is 0.846. The number of ether oxygens (including phenoxy) is 1. The van der Waals surface area contributed by atoms with E-state index in [1.807, 2.05) is 13.8 Å². The van der Waals surface area contributed by atoms with Crippen molar-refractivity contribution in [2.75, 3.05) is 6.61 Å². The maximum atomic E-state index is 11.9. The molecule has 7 nitrogen and oxygen atoms in total. The Balaban J connectivity index is 0.000000264. The van der Waals surface area contributed by atoms with Crippen molar-refractivity contribution < 1.29 is 23.9 Å². The van der Waals surface area contributed by atoms with Gasteiger partial charge in [-0.2, -0.15) is 0 Å². The van der Waals surface area contributed by atoms with E-state index in [0.717, 1.165) is 38.7 Å². The van der Waals surface area contributed by atoms with E-state index in [9.17, 15) is 19.2 Å². The molecule has 2 aliphatic heterocycles. The lowest BCUT2D eigenvalue weighted by Crippen LogP contribution is -2.41. The van der Waals surface area contributed by atoms with E-state index in [1.54, 1.807) is 18.7 Å². The van der Waals surface area contributed by atoms with E-state index < -0.39 is 0 Å². The van der Waals surface area contributed by atoms with Crippen LogP contribution in [0.3, 0.4) is 0 Å². The molecule has 7 heteroatoms. The van der Waals surface area contributed by atoms with Crippen molar-refractivity contribution in [3.63, 3.8) is 0 Å². The monoisotopic (exact) mass is 466 g/mol. The lowest BCUT2D eigenvalue weighted by Gasteiger charge is -2.29. The Bertz CT molecular complexity index is 621. The third-order valence-corrected chi connectivity index (χ3v) is 7.24. The number of imide groups is 2. The second-order valence-corrected chi connectivity index (χ2v) is 9.79. The summed E-state index contributed by atoms with van der Waals surface area (Å²) in [6.07, 6.45) is 9.60. The van der Waals surface area contributed by atoms with Gasteiger partial charge in [0.25, 0.3) is 0 Å². The maximum Gasteiger partial charge on any atom is 0.233 e. The number of hydrogen-bond donors (Lipinski definition) is 1. The van der Waals surface area contributed by atoms with Gasteiger partial charge in [-0.3, -0.25) is 29.4 Å². The summed E-state index contributed by atoms with van der Waals surface area (Å²) < 4.78 is 5.43. The first-order valence-corrected chi connectivity index (χ1v) is 12.9. The standard InChI is InChI=1S/C12H19NO2.C8H18O.C6H9NO2/c1-8-9(2)12(15)13(11(8)14)10-6-4-3-5-7-10;1-4-6-7-9-8(3)5-2;1-3-4(2)6(9)7-5(3)8/h8-10H,3-7H2,1-2H3;8H,4-7H2,1-3H3;3-4H,1-2H3,(H,7,8,9). The number of nitrogens with one attached hydrogen (secondary N) is 1. The van der Waals surface area contributed by atoms with Crippen LogP contribution in [-0.2, 0) is 23.9 Å². The molecule has 1 saturated carbocycles. The Labute approximate surface area is 200 Å². The first kappa shape index (κ1) is 29.3. The molecule has 1 aliphatic carbocycles. The molecule has 190 valence electrons. The highest BCUT2D eigenvalue weighted by molar-refractivity contribution is 6.05. The maximum absolute atomic E-state index is 11.9. The quantitative estimate of drug-likeness (QED) is 0.460. The molecule has 2 heterocycles. The molecule has 0 bridgehead atoms. The van der Waals surface area contributed by atoms with E-state index in [1.165, 1.54) is 19.3 Å². The molecule has 3 aliphatic rings. The summed E-state index contributed by atoms with van der Waals surface area (Å²) in [7, 11) is 0. The zero-order valence-corrected chi connectivity index (χ0v) is 21.8. The first-order chi connectivity index (χ1) is 15.6. The molecule has 5 atom stereocenters. The fourth-order valence-corrected chi connectivity index (χ4v) is 4.02. The van der Waals surface area contributed by atoms with Crippen LogP contribution in [0, 0.1) is 23.7 Å². The molecule has 0 aromatic carbocycles. The third kappa shape index (κ3) is 8.51. The van der Waals surface area contributed by atoms with Gasteiger partial charge in [-0.1, -0.05) is 67.2 Å². The second kappa shape index (κ2) is 14.5. The molecule has 3 rings (SSSR count). The van der Waals surface area contributed by atoms with Crippen LogP contribution >= 0.6 is 0 Å². The first-order valence-electron chi connectivity index (χ1n) is 12.9. The molecule has 3 fully saturated rings. The summed E-state index contributed by atoms with van der Waals surface area (Å²) in [5, 5.41) is 2.24. The summed E-state index contributed by atoms with van der Waals surface area (Å²) in [5.41, 5.74) is 0. The van der Waals surface area contributed by atoms with Gasteiger partial charge in [0.05, 0.1) is 6.10 Å². The Morgan fingerprint density at radius 2 is 1.33 bits per heavy atom. The smallest absolute Gasteiger partial charge is 0.233 e. The minimum Gasteiger partial charge on any atom is -0.379 e. The van der Waals surface area contributed by atoms with Crippen molar-refractivity contribution in [1.82, 2.24) is 10.2 Å². The van der Waals surface area contributed by atoms with Crippen molar-refractivity contribution in [1.29, 1.82) is 0 Å². The van der Waals surface area contributed by atoms with Crippen LogP contribution in [0.25, 0.3) is 0 Å². The van der Waals surface area contributed by atoms with Gasteiger partial charge in [0.15, 0.2) is 0 Å². The molecule has 0 spiro atoms. The SMILES string of the molecule is CC1C(=O)N(C2CCCCC2)C(=O)C1C.CC1C(=O)NC(=O)C1C.CCCCOC(C)CC. The van der Waals surface area contributed by atoms with Crippen molar-refractivity contribution in [3.8, 4) is 0 Å². The summed E-state index contributed by atoms with van der Waals surface area (Å²) in [6.45, 7) is 14.6. The fourth-order valence-electron chi connectivity index (χ4n) is 4.02. The number of carbonyl (C=O) groups is 4. The largest absolute Gasteiger partial charge is 0.379 e. The average molecular weight is 467 g/mol. The van der Waals surface area contributed by atoms with Gasteiger partial charge >= 0.3 is 0 Å². The van der Waals surface area contributed by atoms with Crippen LogP contribution in [0.5, 0.6) is 0 Å². The minimum atomic E-state index is -0.146. The number of nitrogens with zero attached hydrogens (tertiary/aromatic N) is 1. The average Bonchev–Trinajstić information content (AvgIpc) is 3.15. The molecule has 0 radical (unpaired) electrons. The van der Waals surface area contributed by atoms with Crippen LogP contribution in [-0.4, -0.2) is 47.3 Å².